The van der Waals surface area contributed by atoms with Gasteiger partial charge in [0.1, 0.15) is 5.17 Å². The molecule has 5 nitrogen and oxygen atoms in total. The van der Waals surface area contributed by atoms with E-state index in [2.05, 4.69) is 15.3 Å². The number of aliphatic hydroxyl groups excluding tert-OH is 1. The molecule has 1 unspecified atom stereocenters. The number of hydrogen-bond donors (Lipinski definition) is 2. The summed E-state index contributed by atoms with van der Waals surface area (Å²) in [6.45, 7) is 1.83. The summed E-state index contributed by atoms with van der Waals surface area (Å²) in [5.74, 6) is 0. The molecule has 0 bridgehead atoms. The zero-order valence-electron chi connectivity index (χ0n) is 9.97. The molecule has 0 aliphatic heterocycles. The van der Waals surface area contributed by atoms with E-state index in [4.69, 9.17) is 11.6 Å². The predicted octanol–water partition coefficient (Wildman–Crippen LogP) is 2.41. The first-order chi connectivity index (χ1) is 8.63. The molecule has 0 spiro atoms. The summed E-state index contributed by atoms with van der Waals surface area (Å²) in [7, 11) is 0. The minimum Gasteiger partial charge on any atom is -0.387 e. The molecule has 0 saturated heterocycles. The lowest BCUT2D eigenvalue weighted by Gasteiger charge is -2.10. The van der Waals surface area contributed by atoms with Crippen LogP contribution in [-0.4, -0.2) is 22.9 Å². The van der Waals surface area contributed by atoms with Crippen LogP contribution < -0.4 is 5.32 Å². The molecule has 1 aromatic carbocycles. The Morgan fingerprint density at radius 1 is 1.50 bits per heavy atom. The van der Waals surface area contributed by atoms with Crippen LogP contribution in [0.3, 0.4) is 0 Å². The second-order valence-electron chi connectivity index (χ2n) is 3.51. The molecule has 0 aromatic heterocycles. The van der Waals surface area contributed by atoms with E-state index >= 15 is 0 Å². The number of aliphatic hydroxyl groups is 1. The van der Waals surface area contributed by atoms with Gasteiger partial charge in [-0.15, -0.1) is 0 Å². The van der Waals surface area contributed by atoms with Crippen molar-refractivity contribution < 1.29 is 14.7 Å². The molecule has 98 valence electrons. The van der Waals surface area contributed by atoms with Crippen molar-refractivity contribution in [2.75, 3.05) is 6.54 Å². The van der Waals surface area contributed by atoms with E-state index in [1.54, 1.807) is 19.1 Å². The molecule has 2 N–H and O–H groups in total. The topological polar surface area (TPSA) is 70.9 Å². The van der Waals surface area contributed by atoms with Gasteiger partial charge in [0.2, 0.25) is 0 Å². The average Bonchev–Trinajstić information content (AvgIpc) is 2.42. The third-order valence-electron chi connectivity index (χ3n) is 2.14. The van der Waals surface area contributed by atoms with Gasteiger partial charge in [-0.1, -0.05) is 54.0 Å². The summed E-state index contributed by atoms with van der Waals surface area (Å²) in [6.07, 6.45) is -1.05. The molecule has 6 heteroatoms. The van der Waals surface area contributed by atoms with E-state index in [1.165, 1.54) is 0 Å². The van der Waals surface area contributed by atoms with Crippen molar-refractivity contribution in [2.24, 2.45) is 5.16 Å². The van der Waals surface area contributed by atoms with E-state index in [-0.39, 0.29) is 11.7 Å². The van der Waals surface area contributed by atoms with Gasteiger partial charge in [0.25, 0.3) is 0 Å². The van der Waals surface area contributed by atoms with Gasteiger partial charge in [-0.05, 0) is 5.56 Å². The number of carbonyl (C=O) groups excluding carboxylic acids is 1. The highest BCUT2D eigenvalue weighted by molar-refractivity contribution is 6.65. The number of amides is 1. The lowest BCUT2D eigenvalue weighted by Crippen LogP contribution is -2.28. The molecule has 0 heterocycles. The highest BCUT2D eigenvalue weighted by Gasteiger charge is 2.09. The first-order valence-electron chi connectivity index (χ1n) is 5.53. The van der Waals surface area contributed by atoms with Crippen LogP contribution in [0.25, 0.3) is 0 Å². The van der Waals surface area contributed by atoms with Crippen LogP contribution in [0.2, 0.25) is 0 Å². The van der Waals surface area contributed by atoms with Gasteiger partial charge in [-0.25, -0.2) is 4.79 Å². The number of carbonyl (C=O) groups is 1. The van der Waals surface area contributed by atoms with Gasteiger partial charge < -0.3 is 10.4 Å². The summed E-state index contributed by atoms with van der Waals surface area (Å²) >= 11 is 5.56. The maximum absolute atomic E-state index is 11.2. The Hall–Kier alpha value is -1.59. The van der Waals surface area contributed by atoms with Crippen LogP contribution in [0.4, 0.5) is 4.79 Å². The van der Waals surface area contributed by atoms with Crippen LogP contribution in [-0.2, 0) is 4.84 Å². The van der Waals surface area contributed by atoms with Gasteiger partial charge in [0.05, 0.1) is 12.6 Å². The molecule has 1 atom stereocenters. The summed E-state index contributed by atoms with van der Waals surface area (Å²) in [6, 6.07) is 9.00. The fourth-order valence-electron chi connectivity index (χ4n) is 1.16. The van der Waals surface area contributed by atoms with Gasteiger partial charge in [0, 0.05) is 6.42 Å². The van der Waals surface area contributed by atoms with Crippen molar-refractivity contribution in [3.63, 3.8) is 0 Å². The quantitative estimate of drug-likeness (QED) is 0.490. The average molecular weight is 271 g/mol. The minimum absolute atomic E-state index is 0.0438. The maximum atomic E-state index is 11.2. The SMILES string of the molecule is CCC(Cl)=NOC(=O)NCC(O)c1ccccc1. The van der Waals surface area contributed by atoms with Crippen molar-refractivity contribution in [3.8, 4) is 0 Å². The van der Waals surface area contributed by atoms with Crippen LogP contribution in [0.5, 0.6) is 0 Å². The number of halogens is 1. The molecule has 1 amide bonds. The van der Waals surface area contributed by atoms with E-state index < -0.39 is 12.2 Å². The highest BCUT2D eigenvalue weighted by atomic mass is 35.5. The molecular weight excluding hydrogens is 256 g/mol. The summed E-state index contributed by atoms with van der Waals surface area (Å²) in [4.78, 5) is 15.7. The van der Waals surface area contributed by atoms with Crippen LogP contribution in [0.15, 0.2) is 35.5 Å². The predicted molar refractivity (Wildman–Crippen MR) is 69.5 cm³/mol. The van der Waals surface area contributed by atoms with E-state index in [9.17, 15) is 9.90 Å². The lowest BCUT2D eigenvalue weighted by molar-refractivity contribution is 0.134. The number of oxime groups is 1. The monoisotopic (exact) mass is 270 g/mol. The van der Waals surface area contributed by atoms with Gasteiger partial charge >= 0.3 is 6.09 Å². The minimum atomic E-state index is -0.788. The Balaban J connectivity index is 2.35. The Bertz CT molecular complexity index is 409. The van der Waals surface area contributed by atoms with Crippen molar-refractivity contribution in [3.05, 3.63) is 35.9 Å². The number of nitrogens with zero attached hydrogens (tertiary/aromatic N) is 1. The molecular formula is C12H15ClN2O3. The fraction of sp³-hybridized carbons (Fsp3) is 0.333. The van der Waals surface area contributed by atoms with E-state index in [0.29, 0.717) is 12.0 Å². The summed E-state index contributed by atoms with van der Waals surface area (Å²) in [5.41, 5.74) is 0.716. The van der Waals surface area contributed by atoms with Crippen molar-refractivity contribution in [1.29, 1.82) is 0 Å². The Labute approximate surface area is 110 Å². The Morgan fingerprint density at radius 2 is 2.17 bits per heavy atom. The fourth-order valence-corrected chi connectivity index (χ4v) is 1.20. The Kier molecular flexibility index (Phi) is 6.18. The molecule has 0 fully saturated rings. The molecule has 0 saturated carbocycles. The normalized spacial score (nSPS) is 12.9. The molecule has 0 radical (unpaired) electrons. The maximum Gasteiger partial charge on any atom is 0.433 e. The molecule has 0 aliphatic rings. The van der Waals surface area contributed by atoms with Crippen LogP contribution in [0.1, 0.15) is 25.0 Å². The van der Waals surface area contributed by atoms with Gasteiger partial charge in [0.15, 0.2) is 0 Å². The summed E-state index contributed by atoms with van der Waals surface area (Å²) < 4.78 is 0. The smallest absolute Gasteiger partial charge is 0.387 e. The Morgan fingerprint density at radius 3 is 2.78 bits per heavy atom. The first-order valence-corrected chi connectivity index (χ1v) is 5.91. The van der Waals surface area contributed by atoms with Crippen molar-refractivity contribution >= 4 is 22.9 Å². The zero-order valence-corrected chi connectivity index (χ0v) is 10.7. The third-order valence-corrected chi connectivity index (χ3v) is 2.48. The second kappa shape index (κ2) is 7.68. The number of rotatable bonds is 5. The van der Waals surface area contributed by atoms with E-state index in [0.717, 1.165) is 0 Å². The van der Waals surface area contributed by atoms with E-state index in [1.807, 2.05) is 18.2 Å². The zero-order chi connectivity index (χ0) is 13.4. The highest BCUT2D eigenvalue weighted by Crippen LogP contribution is 2.10. The molecule has 1 rings (SSSR count). The van der Waals surface area contributed by atoms with Gasteiger partial charge in [-0.3, -0.25) is 4.84 Å². The number of benzene rings is 1. The molecule has 0 aliphatic carbocycles. The largest absolute Gasteiger partial charge is 0.433 e. The van der Waals surface area contributed by atoms with Gasteiger partial charge in [-0.2, -0.15) is 0 Å². The standard InChI is InChI=1S/C12H15ClN2O3/c1-2-11(13)15-18-12(17)14-8-10(16)9-6-4-3-5-7-9/h3-7,10,16H,2,8H2,1H3,(H,14,17). The molecule has 1 aromatic rings. The second-order valence-corrected chi connectivity index (χ2v) is 3.94. The number of nitrogens with one attached hydrogen (secondary N) is 1. The number of hydrogen-bond acceptors (Lipinski definition) is 4. The van der Waals surface area contributed by atoms with Crippen LogP contribution in [0, 0.1) is 0 Å². The molecule has 18 heavy (non-hydrogen) atoms. The first kappa shape index (κ1) is 14.5. The van der Waals surface area contributed by atoms with Crippen molar-refractivity contribution in [1.82, 2.24) is 5.32 Å². The van der Waals surface area contributed by atoms with Crippen molar-refractivity contribution in [2.45, 2.75) is 19.4 Å². The van der Waals surface area contributed by atoms with Crippen LogP contribution >= 0.6 is 11.6 Å². The summed E-state index contributed by atoms with van der Waals surface area (Å²) in [5, 5.41) is 15.7. The third kappa shape index (κ3) is 5.16. The lowest BCUT2D eigenvalue weighted by atomic mass is 10.1.